The largest absolute Gasteiger partial charge is 0.452 e. The maximum absolute atomic E-state index is 12.3. The fourth-order valence-corrected chi connectivity index (χ4v) is 4.01. The van der Waals surface area contributed by atoms with Crippen LogP contribution in [0.4, 0.5) is 5.69 Å². The minimum atomic E-state index is -3.24. The molecule has 0 radical (unpaired) electrons. The van der Waals surface area contributed by atoms with Crippen LogP contribution in [-0.2, 0) is 24.3 Å². The third-order valence-corrected chi connectivity index (χ3v) is 6.42. The number of piperidine rings is 1. The van der Waals surface area contributed by atoms with Crippen molar-refractivity contribution in [2.75, 3.05) is 24.2 Å². The van der Waals surface area contributed by atoms with E-state index in [-0.39, 0.29) is 5.75 Å². The van der Waals surface area contributed by atoms with E-state index >= 15 is 0 Å². The number of hydrogen-bond acceptors (Lipinski definition) is 5. The molecule has 1 atom stereocenters. The molecule has 1 aromatic carbocycles. The van der Waals surface area contributed by atoms with Crippen molar-refractivity contribution in [2.24, 2.45) is 5.92 Å². The van der Waals surface area contributed by atoms with Gasteiger partial charge < -0.3 is 10.1 Å². The first kappa shape index (κ1) is 20.7. The van der Waals surface area contributed by atoms with Gasteiger partial charge in [-0.2, -0.15) is 0 Å². The van der Waals surface area contributed by atoms with Crippen LogP contribution in [0, 0.1) is 5.92 Å². The molecule has 1 saturated heterocycles. The van der Waals surface area contributed by atoms with Gasteiger partial charge in [0.15, 0.2) is 6.10 Å². The molecule has 0 aliphatic carbocycles. The van der Waals surface area contributed by atoms with Gasteiger partial charge in [0.05, 0.1) is 11.7 Å². The first-order valence-corrected chi connectivity index (χ1v) is 10.5. The number of sulfonamides is 1. The lowest BCUT2D eigenvalue weighted by Gasteiger charge is -2.30. The van der Waals surface area contributed by atoms with Gasteiger partial charge >= 0.3 is 5.97 Å². The molecule has 1 heterocycles. The van der Waals surface area contributed by atoms with Crippen molar-refractivity contribution >= 4 is 39.2 Å². The zero-order valence-electron chi connectivity index (χ0n) is 14.8. The molecule has 1 aromatic rings. The van der Waals surface area contributed by atoms with E-state index in [1.165, 1.54) is 11.2 Å². The number of anilines is 1. The number of nitrogens with zero attached hydrogens (tertiary/aromatic N) is 1. The minimum absolute atomic E-state index is 0.0445. The van der Waals surface area contributed by atoms with Crippen molar-refractivity contribution in [1.82, 2.24) is 4.31 Å². The van der Waals surface area contributed by atoms with Gasteiger partial charge in [-0.05, 0) is 44.9 Å². The number of carbonyl (C=O) groups excluding carboxylic acids is 2. The summed E-state index contributed by atoms with van der Waals surface area (Å²) in [5, 5.41) is 3.12. The Bertz CT molecular complexity index is 760. The fourth-order valence-electron chi connectivity index (χ4n) is 2.69. The Hall–Kier alpha value is -1.64. The van der Waals surface area contributed by atoms with Crippen LogP contribution in [-0.4, -0.2) is 49.5 Å². The number of esters is 1. The standard InChI is InChI=1S/C17H23ClN2O5S/c1-3-26(23,24)20-9-7-13(8-10-20)17(22)25-12(2)16(21)19-15-6-4-5-14(18)11-15/h4-6,11-13H,3,7-10H2,1-2H3,(H,19,21). The van der Waals surface area contributed by atoms with Gasteiger partial charge in [0.1, 0.15) is 0 Å². The van der Waals surface area contributed by atoms with Crippen LogP contribution >= 0.6 is 11.6 Å². The Morgan fingerprint density at radius 1 is 1.35 bits per heavy atom. The lowest BCUT2D eigenvalue weighted by Crippen LogP contribution is -2.42. The Morgan fingerprint density at radius 2 is 2.00 bits per heavy atom. The van der Waals surface area contributed by atoms with Gasteiger partial charge in [-0.25, -0.2) is 12.7 Å². The maximum Gasteiger partial charge on any atom is 0.309 e. The molecule has 2 rings (SSSR count). The normalized spacial score (nSPS) is 17.5. The van der Waals surface area contributed by atoms with E-state index in [0.29, 0.717) is 36.6 Å². The number of nitrogens with one attached hydrogen (secondary N) is 1. The van der Waals surface area contributed by atoms with E-state index in [1.807, 2.05) is 0 Å². The third-order valence-electron chi connectivity index (χ3n) is 4.30. The number of amides is 1. The molecule has 1 unspecified atom stereocenters. The summed E-state index contributed by atoms with van der Waals surface area (Å²) in [5.74, 6) is -1.29. The molecule has 0 aromatic heterocycles. The Labute approximate surface area is 158 Å². The van der Waals surface area contributed by atoms with Crippen molar-refractivity contribution < 1.29 is 22.7 Å². The highest BCUT2D eigenvalue weighted by Crippen LogP contribution is 2.22. The highest BCUT2D eigenvalue weighted by atomic mass is 35.5. The van der Waals surface area contributed by atoms with Crippen LogP contribution in [0.1, 0.15) is 26.7 Å². The summed E-state index contributed by atoms with van der Waals surface area (Å²) in [6.45, 7) is 3.67. The number of hydrogen-bond donors (Lipinski definition) is 1. The van der Waals surface area contributed by atoms with Gasteiger partial charge in [0.25, 0.3) is 5.91 Å². The lowest BCUT2D eigenvalue weighted by atomic mass is 9.98. The number of halogens is 1. The van der Waals surface area contributed by atoms with Gasteiger partial charge in [-0.3, -0.25) is 9.59 Å². The summed E-state index contributed by atoms with van der Waals surface area (Å²) in [7, 11) is -3.24. The number of rotatable bonds is 6. The Morgan fingerprint density at radius 3 is 2.58 bits per heavy atom. The second-order valence-electron chi connectivity index (χ2n) is 6.15. The van der Waals surface area contributed by atoms with Gasteiger partial charge in [0.2, 0.25) is 10.0 Å². The smallest absolute Gasteiger partial charge is 0.309 e. The topological polar surface area (TPSA) is 92.8 Å². The molecule has 1 aliphatic heterocycles. The van der Waals surface area contributed by atoms with Crippen molar-refractivity contribution in [2.45, 2.75) is 32.8 Å². The van der Waals surface area contributed by atoms with Crippen LogP contribution < -0.4 is 5.32 Å². The summed E-state index contributed by atoms with van der Waals surface area (Å²) in [6.07, 6.45) is -0.180. The summed E-state index contributed by atoms with van der Waals surface area (Å²) in [4.78, 5) is 24.4. The zero-order chi connectivity index (χ0) is 19.3. The molecule has 7 nitrogen and oxygen atoms in total. The van der Waals surface area contributed by atoms with E-state index in [2.05, 4.69) is 5.32 Å². The highest BCUT2D eigenvalue weighted by molar-refractivity contribution is 7.89. The molecule has 0 saturated carbocycles. The van der Waals surface area contributed by atoms with Crippen molar-refractivity contribution in [3.8, 4) is 0 Å². The molecule has 9 heteroatoms. The summed E-state index contributed by atoms with van der Waals surface area (Å²) in [5.41, 5.74) is 0.517. The Kier molecular flexibility index (Phi) is 7.02. The van der Waals surface area contributed by atoms with Gasteiger partial charge in [-0.15, -0.1) is 0 Å². The quantitative estimate of drug-likeness (QED) is 0.737. The summed E-state index contributed by atoms with van der Waals surface area (Å²) < 4.78 is 30.3. The first-order valence-electron chi connectivity index (χ1n) is 8.47. The fraction of sp³-hybridized carbons (Fsp3) is 0.529. The van der Waals surface area contributed by atoms with Gasteiger partial charge in [-0.1, -0.05) is 17.7 Å². The SMILES string of the molecule is CCS(=O)(=O)N1CCC(C(=O)OC(C)C(=O)Nc2cccc(Cl)c2)CC1. The minimum Gasteiger partial charge on any atom is -0.452 e. The first-order chi connectivity index (χ1) is 12.2. The molecular formula is C17H23ClN2O5S. The molecule has 144 valence electrons. The molecule has 1 N–H and O–H groups in total. The molecule has 0 bridgehead atoms. The highest BCUT2D eigenvalue weighted by Gasteiger charge is 2.32. The lowest BCUT2D eigenvalue weighted by molar-refractivity contribution is -0.158. The van der Waals surface area contributed by atoms with Crippen LogP contribution in [0.5, 0.6) is 0 Å². The second-order valence-corrected chi connectivity index (χ2v) is 8.85. The molecule has 1 amide bonds. The number of benzene rings is 1. The van der Waals surface area contributed by atoms with Gasteiger partial charge in [0, 0.05) is 23.8 Å². The van der Waals surface area contributed by atoms with Crippen molar-refractivity contribution in [3.63, 3.8) is 0 Å². The van der Waals surface area contributed by atoms with Crippen LogP contribution in [0.3, 0.4) is 0 Å². The van der Waals surface area contributed by atoms with Crippen LogP contribution in [0.25, 0.3) is 0 Å². The average Bonchev–Trinajstić information content (AvgIpc) is 2.61. The summed E-state index contributed by atoms with van der Waals surface area (Å²) in [6, 6.07) is 6.67. The van der Waals surface area contributed by atoms with E-state index in [1.54, 1.807) is 31.2 Å². The summed E-state index contributed by atoms with van der Waals surface area (Å²) >= 11 is 5.86. The van der Waals surface area contributed by atoms with E-state index in [0.717, 1.165) is 0 Å². The molecular weight excluding hydrogens is 380 g/mol. The monoisotopic (exact) mass is 402 g/mol. The number of ether oxygens (including phenoxy) is 1. The van der Waals surface area contributed by atoms with E-state index < -0.39 is 33.9 Å². The molecule has 26 heavy (non-hydrogen) atoms. The predicted octanol–water partition coefficient (Wildman–Crippen LogP) is 2.27. The zero-order valence-corrected chi connectivity index (χ0v) is 16.3. The molecule has 0 spiro atoms. The Balaban J connectivity index is 1.84. The van der Waals surface area contributed by atoms with E-state index in [4.69, 9.17) is 16.3 Å². The molecule has 1 aliphatic rings. The second kappa shape index (κ2) is 8.83. The van der Waals surface area contributed by atoms with Crippen LogP contribution in [0.2, 0.25) is 5.02 Å². The third kappa shape index (κ3) is 5.43. The van der Waals surface area contributed by atoms with Crippen LogP contribution in [0.15, 0.2) is 24.3 Å². The van der Waals surface area contributed by atoms with Crippen molar-refractivity contribution in [1.29, 1.82) is 0 Å². The van der Waals surface area contributed by atoms with Crippen molar-refractivity contribution in [3.05, 3.63) is 29.3 Å². The molecule has 1 fully saturated rings. The average molecular weight is 403 g/mol. The maximum atomic E-state index is 12.3. The predicted molar refractivity (Wildman–Crippen MR) is 99.4 cm³/mol. The van der Waals surface area contributed by atoms with E-state index in [9.17, 15) is 18.0 Å². The number of carbonyl (C=O) groups is 2.